The summed E-state index contributed by atoms with van der Waals surface area (Å²) in [4.78, 5) is 3.71. The Labute approximate surface area is 42.6 Å². The predicted molar refractivity (Wildman–Crippen MR) is 27.0 cm³/mol. The van der Waals surface area contributed by atoms with E-state index in [2.05, 4.69) is 10.1 Å². The highest BCUT2D eigenvalue weighted by Crippen LogP contribution is 1.69. The lowest BCUT2D eigenvalue weighted by Gasteiger charge is -1.83. The summed E-state index contributed by atoms with van der Waals surface area (Å²) < 4.78 is 1.64. The summed E-state index contributed by atoms with van der Waals surface area (Å²) in [6, 6.07) is 0. The van der Waals surface area contributed by atoms with Crippen molar-refractivity contribution in [2.24, 2.45) is 0 Å². The normalized spacial score (nSPS) is 8.71. The van der Waals surface area contributed by atoms with Crippen LogP contribution in [-0.4, -0.2) is 22.1 Å². The van der Waals surface area contributed by atoms with Crippen molar-refractivity contribution in [3.05, 3.63) is 12.7 Å². The van der Waals surface area contributed by atoms with Gasteiger partial charge < -0.3 is 4.59 Å². The SMILES string of the molecule is C[B]n1cncn1. The molecule has 0 unspecified atom stereocenters. The fourth-order valence-electron chi connectivity index (χ4n) is 0.351. The van der Waals surface area contributed by atoms with Gasteiger partial charge in [-0.1, -0.05) is 6.82 Å². The van der Waals surface area contributed by atoms with Crippen molar-refractivity contribution in [2.45, 2.75) is 6.82 Å². The van der Waals surface area contributed by atoms with Crippen molar-refractivity contribution < 1.29 is 0 Å². The molecular formula is C3H5BN3. The third-order valence-corrected chi connectivity index (χ3v) is 0.701. The second kappa shape index (κ2) is 1.77. The lowest BCUT2D eigenvalue weighted by atomic mass is 10.0. The minimum Gasteiger partial charge on any atom is -0.307 e. The molecule has 1 aromatic heterocycles. The summed E-state index contributed by atoms with van der Waals surface area (Å²) in [5, 5.41) is 3.78. The number of hydrogen-bond donors (Lipinski definition) is 0. The summed E-state index contributed by atoms with van der Waals surface area (Å²) in [6.45, 7) is 1.90. The van der Waals surface area contributed by atoms with Gasteiger partial charge >= 0.3 is 0 Å². The average Bonchev–Trinajstić information content (AvgIpc) is 2.14. The molecule has 0 aliphatic carbocycles. The fourth-order valence-corrected chi connectivity index (χ4v) is 0.351. The summed E-state index contributed by atoms with van der Waals surface area (Å²) in [6.07, 6.45) is 3.14. The highest BCUT2D eigenvalue weighted by molar-refractivity contribution is 6.30. The molecule has 0 saturated heterocycles. The van der Waals surface area contributed by atoms with E-state index in [9.17, 15) is 0 Å². The third kappa shape index (κ3) is 0.794. The van der Waals surface area contributed by atoms with Crippen LogP contribution in [0.1, 0.15) is 0 Å². The van der Waals surface area contributed by atoms with E-state index >= 15 is 0 Å². The molecule has 0 N–H and O–H groups in total. The zero-order valence-corrected chi connectivity index (χ0v) is 4.07. The molecule has 0 aliphatic rings. The zero-order valence-electron chi connectivity index (χ0n) is 4.07. The van der Waals surface area contributed by atoms with Gasteiger partial charge in [0, 0.05) is 0 Å². The van der Waals surface area contributed by atoms with Crippen LogP contribution >= 0.6 is 0 Å². The van der Waals surface area contributed by atoms with Crippen molar-refractivity contribution >= 4 is 7.41 Å². The molecule has 1 radical (unpaired) electrons. The molecule has 0 amide bonds. The molecule has 0 aromatic carbocycles. The quantitative estimate of drug-likeness (QED) is 0.451. The number of rotatable bonds is 1. The number of hydrogen-bond acceptors (Lipinski definition) is 2. The molecule has 0 atom stereocenters. The van der Waals surface area contributed by atoms with Crippen LogP contribution < -0.4 is 0 Å². The minimum absolute atomic E-state index is 1.50. The molecule has 4 heteroatoms. The minimum atomic E-state index is 1.50. The molecule has 0 bridgehead atoms. The van der Waals surface area contributed by atoms with Crippen LogP contribution in [0.5, 0.6) is 0 Å². The smallest absolute Gasteiger partial charge is 0.278 e. The van der Waals surface area contributed by atoms with Crippen molar-refractivity contribution in [1.29, 1.82) is 0 Å². The Morgan fingerprint density at radius 2 is 2.57 bits per heavy atom. The van der Waals surface area contributed by atoms with Gasteiger partial charge in [-0.05, 0) is 0 Å². The largest absolute Gasteiger partial charge is 0.307 e. The van der Waals surface area contributed by atoms with Crippen LogP contribution in [0, 0.1) is 0 Å². The van der Waals surface area contributed by atoms with Crippen LogP contribution in [0.4, 0.5) is 0 Å². The molecular weight excluding hydrogens is 88.9 g/mol. The lowest BCUT2D eigenvalue weighted by molar-refractivity contribution is 0.976. The van der Waals surface area contributed by atoms with Crippen LogP contribution in [0.2, 0.25) is 6.82 Å². The van der Waals surface area contributed by atoms with Gasteiger partial charge in [-0.15, -0.1) is 0 Å². The molecule has 0 fully saturated rings. The first kappa shape index (κ1) is 4.37. The molecule has 0 saturated carbocycles. The van der Waals surface area contributed by atoms with Gasteiger partial charge in [0.2, 0.25) is 0 Å². The van der Waals surface area contributed by atoms with E-state index in [1.165, 1.54) is 6.33 Å². The summed E-state index contributed by atoms with van der Waals surface area (Å²) in [5.41, 5.74) is 0. The zero-order chi connectivity index (χ0) is 5.11. The Kier molecular flexibility index (Phi) is 1.11. The fraction of sp³-hybridized carbons (Fsp3) is 0.333. The maximum Gasteiger partial charge on any atom is 0.278 e. The maximum atomic E-state index is 3.78. The molecule has 0 spiro atoms. The van der Waals surface area contributed by atoms with Crippen LogP contribution in [0.25, 0.3) is 0 Å². The molecule has 1 rings (SSSR count). The molecule has 0 aliphatic heterocycles. The van der Waals surface area contributed by atoms with E-state index in [1.807, 2.05) is 14.2 Å². The van der Waals surface area contributed by atoms with Gasteiger partial charge in [-0.25, -0.2) is 4.98 Å². The number of nitrogens with zero attached hydrogens (tertiary/aromatic N) is 3. The van der Waals surface area contributed by atoms with E-state index < -0.39 is 0 Å². The van der Waals surface area contributed by atoms with Crippen LogP contribution in [0.15, 0.2) is 12.7 Å². The van der Waals surface area contributed by atoms with Gasteiger partial charge in [0.15, 0.2) is 0 Å². The Balaban J connectivity index is 2.76. The Morgan fingerprint density at radius 3 is 2.86 bits per heavy atom. The Bertz CT molecular complexity index is 125. The van der Waals surface area contributed by atoms with E-state index in [0.717, 1.165) is 0 Å². The monoisotopic (exact) mass is 94.1 g/mol. The molecule has 3 nitrogen and oxygen atoms in total. The lowest BCUT2D eigenvalue weighted by Crippen LogP contribution is -2.00. The third-order valence-electron chi connectivity index (χ3n) is 0.701. The Morgan fingerprint density at radius 1 is 1.71 bits per heavy atom. The van der Waals surface area contributed by atoms with E-state index in [-0.39, 0.29) is 0 Å². The first-order valence-corrected chi connectivity index (χ1v) is 2.07. The van der Waals surface area contributed by atoms with Gasteiger partial charge in [-0.3, -0.25) is 0 Å². The first-order chi connectivity index (χ1) is 3.43. The predicted octanol–water partition coefficient (Wildman–Crippen LogP) is -0.207. The van der Waals surface area contributed by atoms with Crippen molar-refractivity contribution in [3.63, 3.8) is 0 Å². The summed E-state index contributed by atoms with van der Waals surface area (Å²) in [7, 11) is 1.83. The topological polar surface area (TPSA) is 30.7 Å². The van der Waals surface area contributed by atoms with Crippen LogP contribution in [-0.2, 0) is 0 Å². The second-order valence-corrected chi connectivity index (χ2v) is 1.13. The summed E-state index contributed by atoms with van der Waals surface area (Å²) >= 11 is 0. The standard InChI is InChI=1S/C3H5BN3/c1-4-7-3-5-2-6-7/h2-3H,1H3. The molecule has 7 heavy (non-hydrogen) atoms. The van der Waals surface area contributed by atoms with E-state index in [1.54, 1.807) is 10.9 Å². The van der Waals surface area contributed by atoms with E-state index in [4.69, 9.17) is 0 Å². The van der Waals surface area contributed by atoms with Gasteiger partial charge in [0.05, 0.1) is 6.33 Å². The summed E-state index contributed by atoms with van der Waals surface area (Å²) in [5.74, 6) is 0. The highest BCUT2D eigenvalue weighted by atomic mass is 15.3. The van der Waals surface area contributed by atoms with Crippen LogP contribution in [0.3, 0.4) is 0 Å². The molecule has 1 heterocycles. The highest BCUT2D eigenvalue weighted by Gasteiger charge is 1.81. The maximum absolute atomic E-state index is 3.78. The van der Waals surface area contributed by atoms with Gasteiger partial charge in [0.1, 0.15) is 6.33 Å². The van der Waals surface area contributed by atoms with Gasteiger partial charge in [-0.2, -0.15) is 5.10 Å². The Hall–Kier alpha value is -0.795. The number of aromatic nitrogens is 3. The van der Waals surface area contributed by atoms with Crippen molar-refractivity contribution in [3.8, 4) is 0 Å². The van der Waals surface area contributed by atoms with Gasteiger partial charge in [0.25, 0.3) is 7.41 Å². The van der Waals surface area contributed by atoms with Crippen molar-refractivity contribution in [2.75, 3.05) is 0 Å². The van der Waals surface area contributed by atoms with E-state index in [0.29, 0.717) is 0 Å². The second-order valence-electron chi connectivity index (χ2n) is 1.13. The molecule has 1 aromatic rings. The first-order valence-electron chi connectivity index (χ1n) is 2.07. The average molecular weight is 93.9 g/mol. The molecule has 35 valence electrons. The van der Waals surface area contributed by atoms with Crippen molar-refractivity contribution in [1.82, 2.24) is 14.7 Å².